The maximum atomic E-state index is 4.90. The van der Waals surface area contributed by atoms with E-state index in [1.165, 1.54) is 41.2 Å². The molecule has 1 nitrogen and oxygen atoms in total. The molecule has 2 atom stereocenters. The van der Waals surface area contributed by atoms with Gasteiger partial charge in [-0.2, -0.15) is 0 Å². The third-order valence-corrected chi connectivity index (χ3v) is 5.08. The van der Waals surface area contributed by atoms with E-state index >= 15 is 0 Å². The second-order valence-electron chi connectivity index (χ2n) is 6.71. The number of hydrogen-bond donors (Lipinski definition) is 0. The van der Waals surface area contributed by atoms with E-state index in [9.17, 15) is 0 Å². The molecular formula is C21H21N. The van der Waals surface area contributed by atoms with Gasteiger partial charge in [0, 0.05) is 10.8 Å². The van der Waals surface area contributed by atoms with Gasteiger partial charge in [-0.3, -0.25) is 0 Å². The van der Waals surface area contributed by atoms with Crippen LogP contribution in [0.25, 0.3) is 23.9 Å². The summed E-state index contributed by atoms with van der Waals surface area (Å²) in [7, 11) is 0. The number of hydrogen-bond acceptors (Lipinski definition) is 1. The van der Waals surface area contributed by atoms with E-state index < -0.39 is 0 Å². The predicted molar refractivity (Wildman–Crippen MR) is 93.1 cm³/mol. The molecule has 110 valence electrons. The van der Waals surface area contributed by atoms with Gasteiger partial charge in [0.15, 0.2) is 0 Å². The minimum absolute atomic E-state index is 0.681. The Morgan fingerprint density at radius 2 is 1.82 bits per heavy atom. The van der Waals surface area contributed by atoms with Gasteiger partial charge in [-0.05, 0) is 49.1 Å². The Balaban J connectivity index is 2.07. The summed E-state index contributed by atoms with van der Waals surface area (Å²) in [6.07, 6.45) is 6.08. The van der Waals surface area contributed by atoms with E-state index in [-0.39, 0.29) is 0 Å². The topological polar surface area (TPSA) is 12.9 Å². The zero-order valence-corrected chi connectivity index (χ0v) is 13.1. The van der Waals surface area contributed by atoms with E-state index in [2.05, 4.69) is 49.6 Å². The number of rotatable bonds is 2. The number of allylic oxidation sites excluding steroid dienone is 1. The molecule has 1 heterocycles. The van der Waals surface area contributed by atoms with E-state index in [1.54, 1.807) is 0 Å². The second kappa shape index (κ2) is 4.95. The first-order chi connectivity index (χ1) is 10.6. The third kappa shape index (κ3) is 1.96. The lowest BCUT2D eigenvalue weighted by Gasteiger charge is -2.19. The fraction of sp³-hybridized carbons (Fsp3) is 0.286. The molecule has 22 heavy (non-hydrogen) atoms. The van der Waals surface area contributed by atoms with Crippen molar-refractivity contribution in [2.24, 2.45) is 0 Å². The Morgan fingerprint density at radius 1 is 1.14 bits per heavy atom. The first-order valence-electron chi connectivity index (χ1n) is 8.10. The van der Waals surface area contributed by atoms with E-state index in [4.69, 9.17) is 4.98 Å². The Labute approximate surface area is 131 Å². The maximum Gasteiger partial charge on any atom is 0.0747 e. The lowest BCUT2D eigenvalue weighted by Crippen LogP contribution is -2.33. The molecule has 0 N–H and O–H groups in total. The summed E-state index contributed by atoms with van der Waals surface area (Å²) >= 11 is 0. The van der Waals surface area contributed by atoms with Crippen LogP contribution in [-0.4, -0.2) is 4.98 Å². The van der Waals surface area contributed by atoms with Crippen LogP contribution in [0.2, 0.25) is 0 Å². The number of aromatic nitrogens is 1. The molecule has 1 heteroatoms. The van der Waals surface area contributed by atoms with E-state index in [0.717, 1.165) is 16.6 Å². The van der Waals surface area contributed by atoms with Crippen LogP contribution in [0.1, 0.15) is 49.1 Å². The van der Waals surface area contributed by atoms with Crippen molar-refractivity contribution in [1.82, 2.24) is 4.98 Å². The van der Waals surface area contributed by atoms with Crippen molar-refractivity contribution in [2.45, 2.75) is 38.0 Å². The molecule has 2 aliphatic carbocycles. The molecule has 0 saturated heterocycles. The van der Waals surface area contributed by atoms with Crippen LogP contribution in [0.3, 0.4) is 0 Å². The van der Waals surface area contributed by atoms with Crippen molar-refractivity contribution in [3.05, 3.63) is 64.2 Å². The van der Waals surface area contributed by atoms with Gasteiger partial charge in [0.1, 0.15) is 0 Å². The van der Waals surface area contributed by atoms with Crippen LogP contribution in [0, 0.1) is 0 Å². The highest BCUT2D eigenvalue weighted by molar-refractivity contribution is 5.68. The summed E-state index contributed by atoms with van der Waals surface area (Å²) in [5.74, 6) is 1.37. The smallest absolute Gasteiger partial charge is 0.0747 e. The molecule has 2 aliphatic rings. The van der Waals surface area contributed by atoms with Gasteiger partial charge < -0.3 is 0 Å². The van der Waals surface area contributed by atoms with Crippen molar-refractivity contribution < 1.29 is 0 Å². The van der Waals surface area contributed by atoms with E-state index in [1.807, 2.05) is 6.92 Å². The van der Waals surface area contributed by atoms with Crippen LogP contribution >= 0.6 is 0 Å². The Bertz CT molecular complexity index is 861. The highest BCUT2D eigenvalue weighted by Gasteiger charge is 2.39. The van der Waals surface area contributed by atoms with Crippen LogP contribution in [0.15, 0.2) is 42.5 Å². The largest absolute Gasteiger partial charge is 0.248 e. The Hall–Kier alpha value is -2.15. The summed E-state index contributed by atoms with van der Waals surface area (Å²) < 4.78 is 0. The number of benzene rings is 1. The highest BCUT2D eigenvalue weighted by atomic mass is 14.7. The van der Waals surface area contributed by atoms with Crippen molar-refractivity contribution in [2.75, 3.05) is 0 Å². The van der Waals surface area contributed by atoms with Gasteiger partial charge in [0.2, 0.25) is 0 Å². The molecular weight excluding hydrogens is 266 g/mol. The average Bonchev–Trinajstić information content (AvgIpc) is 3.12. The highest BCUT2D eigenvalue weighted by Crippen LogP contribution is 2.53. The van der Waals surface area contributed by atoms with Gasteiger partial charge in [0.05, 0.1) is 11.0 Å². The summed E-state index contributed by atoms with van der Waals surface area (Å²) in [5.41, 5.74) is 6.45. The lowest BCUT2D eigenvalue weighted by atomic mass is 9.87. The number of pyridine rings is 1. The summed E-state index contributed by atoms with van der Waals surface area (Å²) in [5, 5.41) is 2.13. The number of nitrogens with zero attached hydrogens (tertiary/aromatic N) is 1. The molecule has 0 spiro atoms. The standard InChI is InChI=1S/C21H21N/c1-13(2)11-18-14(3)22-21(15-7-5-4-6-8-15)20-17-10-9-16(12-17)19(18)20/h4-8,11,16-17H,1,3,9-10,12H2,2H3/b18-11+. The lowest BCUT2D eigenvalue weighted by molar-refractivity contribution is 0.710. The summed E-state index contributed by atoms with van der Waals surface area (Å²) in [6.45, 7) is 10.3. The molecule has 1 saturated carbocycles. The molecule has 0 radical (unpaired) electrons. The molecule has 1 fully saturated rings. The van der Waals surface area contributed by atoms with Crippen molar-refractivity contribution >= 4 is 12.7 Å². The monoisotopic (exact) mass is 287 g/mol. The average molecular weight is 287 g/mol. The number of fused-ring (bicyclic) bond motifs is 5. The molecule has 0 amide bonds. The zero-order valence-electron chi connectivity index (χ0n) is 13.1. The minimum Gasteiger partial charge on any atom is -0.248 e. The minimum atomic E-state index is 0.681. The molecule has 2 unspecified atom stereocenters. The van der Waals surface area contributed by atoms with Crippen molar-refractivity contribution in [3.8, 4) is 11.3 Å². The molecule has 1 aromatic heterocycles. The van der Waals surface area contributed by atoms with Crippen LogP contribution in [0.4, 0.5) is 0 Å². The first kappa shape index (κ1) is 13.5. The molecule has 4 rings (SSSR count). The van der Waals surface area contributed by atoms with Gasteiger partial charge >= 0.3 is 0 Å². The molecule has 2 aromatic rings. The SMILES string of the molecule is C=C(C)/C=c1/c2c(c(-c3ccccc3)nc1=C)C1CCC2C1. The third-order valence-electron chi connectivity index (χ3n) is 5.08. The fourth-order valence-corrected chi connectivity index (χ4v) is 4.27. The first-order valence-corrected chi connectivity index (χ1v) is 8.10. The summed E-state index contributed by atoms with van der Waals surface area (Å²) in [4.78, 5) is 4.90. The zero-order chi connectivity index (χ0) is 15.3. The van der Waals surface area contributed by atoms with Gasteiger partial charge in [-0.15, -0.1) is 0 Å². The van der Waals surface area contributed by atoms with Gasteiger partial charge in [-0.1, -0.05) is 55.1 Å². The van der Waals surface area contributed by atoms with Crippen LogP contribution in [0.5, 0.6) is 0 Å². The quantitative estimate of drug-likeness (QED) is 0.817. The van der Waals surface area contributed by atoms with E-state index in [0.29, 0.717) is 11.8 Å². The Kier molecular flexibility index (Phi) is 3.04. The molecule has 0 aliphatic heterocycles. The summed E-state index contributed by atoms with van der Waals surface area (Å²) in [6, 6.07) is 10.6. The molecule has 2 bridgehead atoms. The molecule has 1 aromatic carbocycles. The fourth-order valence-electron chi connectivity index (χ4n) is 4.27. The maximum absolute atomic E-state index is 4.90. The van der Waals surface area contributed by atoms with Crippen molar-refractivity contribution in [1.29, 1.82) is 0 Å². The Morgan fingerprint density at radius 3 is 2.50 bits per heavy atom. The normalized spacial score (nSPS) is 22.9. The van der Waals surface area contributed by atoms with Gasteiger partial charge in [0.25, 0.3) is 0 Å². The van der Waals surface area contributed by atoms with Crippen LogP contribution in [-0.2, 0) is 0 Å². The second-order valence-corrected chi connectivity index (χ2v) is 6.71. The van der Waals surface area contributed by atoms with Gasteiger partial charge in [-0.25, -0.2) is 4.98 Å². The van der Waals surface area contributed by atoms with Crippen molar-refractivity contribution in [3.63, 3.8) is 0 Å². The van der Waals surface area contributed by atoms with Crippen LogP contribution < -0.4 is 10.6 Å². The predicted octanol–water partition coefficient (Wildman–Crippen LogP) is 3.88.